The lowest BCUT2D eigenvalue weighted by Crippen LogP contribution is -2.38. The van der Waals surface area contributed by atoms with Gasteiger partial charge >= 0.3 is 0 Å². The van der Waals surface area contributed by atoms with E-state index in [0.29, 0.717) is 0 Å². The molecule has 0 atom stereocenters. The minimum atomic E-state index is -1.38. The van der Waals surface area contributed by atoms with Crippen molar-refractivity contribution >= 4 is 24.2 Å². The van der Waals surface area contributed by atoms with Crippen molar-refractivity contribution in [3.05, 3.63) is 59.2 Å². The van der Waals surface area contributed by atoms with Gasteiger partial charge in [-0.1, -0.05) is 54.2 Å². The molecular formula is C21H25NSi. The molecule has 0 aliphatic rings. The molecule has 118 valence electrons. The summed E-state index contributed by atoms with van der Waals surface area (Å²) in [7, 11) is -1.38. The first-order valence-corrected chi connectivity index (χ1v) is 11.7. The summed E-state index contributed by atoms with van der Waals surface area (Å²) in [6.45, 7) is 13.7. The molecule has 0 radical (unpaired) electrons. The smallest absolute Gasteiger partial charge is 0.0784 e. The molecule has 0 saturated heterocycles. The molecule has 23 heavy (non-hydrogen) atoms. The van der Waals surface area contributed by atoms with Gasteiger partial charge in [0.25, 0.3) is 0 Å². The van der Waals surface area contributed by atoms with Gasteiger partial charge in [0.2, 0.25) is 0 Å². The van der Waals surface area contributed by atoms with E-state index >= 15 is 0 Å². The van der Waals surface area contributed by atoms with Gasteiger partial charge in [0.15, 0.2) is 0 Å². The Morgan fingerprint density at radius 3 is 1.96 bits per heavy atom. The van der Waals surface area contributed by atoms with Crippen LogP contribution in [0, 0.1) is 20.8 Å². The molecule has 3 aromatic rings. The van der Waals surface area contributed by atoms with Crippen molar-refractivity contribution in [3.8, 4) is 11.3 Å². The van der Waals surface area contributed by atoms with Crippen LogP contribution in [0.4, 0.5) is 0 Å². The predicted octanol–water partition coefficient (Wildman–Crippen LogP) is 5.37. The van der Waals surface area contributed by atoms with Crippen LogP contribution in [-0.2, 0) is 0 Å². The highest BCUT2D eigenvalue weighted by Gasteiger charge is 2.20. The average Bonchev–Trinajstić information content (AvgIpc) is 2.43. The number of aryl methyl sites for hydroxylation is 3. The van der Waals surface area contributed by atoms with E-state index in [-0.39, 0.29) is 0 Å². The SMILES string of the molecule is Cc1cc(C)cc(-c2ccc3c([Si](C)(C)C)cc(C)cc3n2)c1. The second-order valence-corrected chi connectivity index (χ2v) is 12.7. The number of hydrogen-bond donors (Lipinski definition) is 0. The molecule has 0 saturated carbocycles. The minimum Gasteiger partial charge on any atom is -0.248 e. The van der Waals surface area contributed by atoms with Crippen molar-refractivity contribution < 1.29 is 0 Å². The van der Waals surface area contributed by atoms with Crippen LogP contribution in [0.3, 0.4) is 0 Å². The maximum Gasteiger partial charge on any atom is 0.0784 e. The van der Waals surface area contributed by atoms with E-state index in [2.05, 4.69) is 82.9 Å². The van der Waals surface area contributed by atoms with E-state index in [4.69, 9.17) is 4.98 Å². The molecule has 3 rings (SSSR count). The van der Waals surface area contributed by atoms with E-state index < -0.39 is 8.07 Å². The van der Waals surface area contributed by atoms with Gasteiger partial charge in [-0.15, -0.1) is 0 Å². The number of nitrogens with zero attached hydrogens (tertiary/aromatic N) is 1. The molecule has 1 heterocycles. The Bertz CT molecular complexity index is 868. The van der Waals surface area contributed by atoms with Gasteiger partial charge in [0.1, 0.15) is 0 Å². The van der Waals surface area contributed by atoms with Crippen LogP contribution in [0.5, 0.6) is 0 Å². The van der Waals surface area contributed by atoms with Gasteiger partial charge < -0.3 is 0 Å². The zero-order valence-corrected chi connectivity index (χ0v) is 16.0. The number of benzene rings is 2. The molecule has 1 nitrogen and oxygen atoms in total. The molecule has 0 aliphatic carbocycles. The Morgan fingerprint density at radius 2 is 1.35 bits per heavy atom. The number of rotatable bonds is 2. The summed E-state index contributed by atoms with van der Waals surface area (Å²) in [5.74, 6) is 0. The van der Waals surface area contributed by atoms with Gasteiger partial charge in [-0.3, -0.25) is 0 Å². The number of pyridine rings is 1. The zero-order valence-electron chi connectivity index (χ0n) is 15.0. The summed E-state index contributed by atoms with van der Waals surface area (Å²) in [5.41, 5.74) is 7.28. The maximum atomic E-state index is 4.98. The first-order valence-electron chi connectivity index (χ1n) is 8.24. The van der Waals surface area contributed by atoms with Crippen molar-refractivity contribution in [2.75, 3.05) is 0 Å². The highest BCUT2D eigenvalue weighted by molar-refractivity contribution is 6.90. The fourth-order valence-electron chi connectivity index (χ4n) is 3.28. The Balaban J connectivity index is 2.23. The Hall–Kier alpha value is -1.93. The van der Waals surface area contributed by atoms with Crippen LogP contribution >= 0.6 is 0 Å². The fourth-order valence-corrected chi connectivity index (χ4v) is 4.96. The molecule has 0 amide bonds. The summed E-state index contributed by atoms with van der Waals surface area (Å²) >= 11 is 0. The van der Waals surface area contributed by atoms with Crippen LogP contribution < -0.4 is 5.19 Å². The molecule has 0 bridgehead atoms. The molecule has 2 aromatic carbocycles. The van der Waals surface area contributed by atoms with Gasteiger partial charge in [-0.2, -0.15) is 0 Å². The first kappa shape index (κ1) is 15.9. The van der Waals surface area contributed by atoms with E-state index in [9.17, 15) is 0 Å². The van der Waals surface area contributed by atoms with E-state index in [1.54, 1.807) is 0 Å². The van der Waals surface area contributed by atoms with Gasteiger partial charge in [0, 0.05) is 5.56 Å². The van der Waals surface area contributed by atoms with Crippen LogP contribution in [0.25, 0.3) is 22.2 Å². The van der Waals surface area contributed by atoms with Crippen LogP contribution in [-0.4, -0.2) is 13.1 Å². The molecule has 0 N–H and O–H groups in total. The topological polar surface area (TPSA) is 12.9 Å². The van der Waals surface area contributed by atoms with Crippen LogP contribution in [0.1, 0.15) is 16.7 Å². The lowest BCUT2D eigenvalue weighted by atomic mass is 10.0. The predicted molar refractivity (Wildman–Crippen MR) is 104 cm³/mol. The van der Waals surface area contributed by atoms with E-state index in [1.807, 2.05) is 0 Å². The largest absolute Gasteiger partial charge is 0.248 e. The molecule has 1 aromatic heterocycles. The lowest BCUT2D eigenvalue weighted by Gasteiger charge is -2.20. The van der Waals surface area contributed by atoms with Crippen molar-refractivity contribution in [3.63, 3.8) is 0 Å². The van der Waals surface area contributed by atoms with Crippen LogP contribution in [0.15, 0.2) is 42.5 Å². The highest BCUT2D eigenvalue weighted by atomic mass is 28.3. The minimum absolute atomic E-state index is 1.07. The number of fused-ring (bicyclic) bond motifs is 1. The summed E-state index contributed by atoms with van der Waals surface area (Å²) in [4.78, 5) is 4.98. The fraction of sp³-hybridized carbons (Fsp3) is 0.286. The standard InChI is InChI=1S/C21H25NSi/c1-14-9-15(2)11-17(10-14)19-8-7-18-20(22-19)12-16(3)13-21(18)23(4,5)6/h7-13H,1-6H3. The normalized spacial score (nSPS) is 11.9. The molecular weight excluding hydrogens is 294 g/mol. The number of hydrogen-bond acceptors (Lipinski definition) is 1. The quantitative estimate of drug-likeness (QED) is 0.578. The highest BCUT2D eigenvalue weighted by Crippen LogP contribution is 2.24. The summed E-state index contributed by atoms with van der Waals surface area (Å²) in [5, 5.41) is 2.83. The molecule has 0 spiro atoms. The van der Waals surface area contributed by atoms with Gasteiger partial charge in [-0.25, -0.2) is 4.98 Å². The lowest BCUT2D eigenvalue weighted by molar-refractivity contribution is 1.34. The summed E-state index contributed by atoms with van der Waals surface area (Å²) < 4.78 is 0. The molecule has 0 unspecified atom stereocenters. The Morgan fingerprint density at radius 1 is 0.739 bits per heavy atom. The molecule has 0 aliphatic heterocycles. The van der Waals surface area contributed by atoms with Gasteiger partial charge in [0.05, 0.1) is 19.3 Å². The van der Waals surface area contributed by atoms with E-state index in [0.717, 1.165) is 11.2 Å². The zero-order chi connectivity index (χ0) is 16.8. The van der Waals surface area contributed by atoms with Crippen molar-refractivity contribution in [1.82, 2.24) is 4.98 Å². The second-order valence-electron chi connectivity index (χ2n) is 7.70. The third kappa shape index (κ3) is 3.23. The molecule has 0 fully saturated rings. The number of aromatic nitrogens is 1. The van der Waals surface area contributed by atoms with Crippen LogP contribution in [0.2, 0.25) is 19.6 Å². The first-order chi connectivity index (χ1) is 10.7. The third-order valence-corrected chi connectivity index (χ3v) is 6.31. The monoisotopic (exact) mass is 319 g/mol. The average molecular weight is 320 g/mol. The van der Waals surface area contributed by atoms with Crippen molar-refractivity contribution in [2.24, 2.45) is 0 Å². The van der Waals surface area contributed by atoms with Crippen molar-refractivity contribution in [2.45, 2.75) is 40.4 Å². The van der Waals surface area contributed by atoms with E-state index in [1.165, 1.54) is 32.8 Å². The molecule has 2 heteroatoms. The van der Waals surface area contributed by atoms with Gasteiger partial charge in [-0.05, 0) is 56.0 Å². The maximum absolute atomic E-state index is 4.98. The second kappa shape index (κ2) is 5.61. The Labute approximate surface area is 140 Å². The summed E-state index contributed by atoms with van der Waals surface area (Å²) in [6.07, 6.45) is 0. The summed E-state index contributed by atoms with van der Waals surface area (Å²) in [6, 6.07) is 15.7. The third-order valence-electron chi connectivity index (χ3n) is 4.28. The van der Waals surface area contributed by atoms with Crippen molar-refractivity contribution in [1.29, 1.82) is 0 Å². The Kier molecular flexibility index (Phi) is 3.89.